The van der Waals surface area contributed by atoms with Gasteiger partial charge >= 0.3 is 0 Å². The lowest BCUT2D eigenvalue weighted by molar-refractivity contribution is -0.150. The first kappa shape index (κ1) is 20.0. The molecule has 4 rings (SSSR count). The van der Waals surface area contributed by atoms with Crippen LogP contribution in [0.25, 0.3) is 0 Å². The number of amides is 1. The molecule has 2 aromatic rings. The highest BCUT2D eigenvalue weighted by Gasteiger charge is 2.62. The summed E-state index contributed by atoms with van der Waals surface area (Å²) in [5.41, 5.74) is 0.560. The fraction of sp³-hybridized carbons (Fsp3) is 0.381. The molecule has 0 aliphatic carbocycles. The first-order valence-corrected chi connectivity index (χ1v) is 11.1. The number of carbonyl (C=O) groups is 1. The summed E-state index contributed by atoms with van der Waals surface area (Å²) in [5, 5.41) is 0. The van der Waals surface area contributed by atoms with Crippen molar-refractivity contribution in [1.29, 1.82) is 0 Å². The van der Waals surface area contributed by atoms with Gasteiger partial charge in [-0.2, -0.15) is 0 Å². The van der Waals surface area contributed by atoms with Gasteiger partial charge in [0.2, 0.25) is 10.0 Å². The molecule has 0 bridgehead atoms. The number of β-lactam (4-membered cyclic amide) rings is 1. The van der Waals surface area contributed by atoms with E-state index in [1.165, 1.54) is 23.5 Å². The number of anilines is 1. The molecule has 2 aliphatic heterocycles. The van der Waals surface area contributed by atoms with Gasteiger partial charge in [0.25, 0.3) is 5.91 Å². The molecule has 2 saturated heterocycles. The molecule has 1 amide bonds. The van der Waals surface area contributed by atoms with Gasteiger partial charge in [0.05, 0.1) is 11.3 Å². The summed E-state index contributed by atoms with van der Waals surface area (Å²) < 4.78 is 46.3. The monoisotopic (exact) mass is 418 g/mol. The van der Waals surface area contributed by atoms with Crippen molar-refractivity contribution in [2.75, 3.05) is 25.1 Å². The second-order valence-corrected chi connectivity index (χ2v) is 9.48. The Bertz CT molecular complexity index is 1000. The van der Waals surface area contributed by atoms with Crippen molar-refractivity contribution >= 4 is 21.6 Å². The maximum atomic E-state index is 13.7. The minimum atomic E-state index is -3.47. The smallest absolute Gasteiger partial charge is 0.259 e. The van der Waals surface area contributed by atoms with Crippen molar-refractivity contribution < 1.29 is 22.3 Å². The zero-order valence-corrected chi connectivity index (χ0v) is 16.9. The third-order valence-electron chi connectivity index (χ3n) is 5.85. The number of sulfonamides is 1. The molecule has 2 fully saturated rings. The van der Waals surface area contributed by atoms with Crippen LogP contribution in [0.2, 0.25) is 0 Å². The fourth-order valence-corrected chi connectivity index (χ4v) is 5.99. The Kier molecular flexibility index (Phi) is 5.18. The average Bonchev–Trinajstić information content (AvgIpc) is 2.69. The van der Waals surface area contributed by atoms with Crippen LogP contribution in [-0.2, 0) is 25.3 Å². The number of hydrogen-bond donors (Lipinski definition) is 0. The number of rotatable bonds is 5. The molecule has 8 heteroatoms. The number of carbonyl (C=O) groups excluding carboxylic acids is 1. The van der Waals surface area contributed by atoms with Crippen LogP contribution in [0.1, 0.15) is 18.4 Å². The van der Waals surface area contributed by atoms with Crippen molar-refractivity contribution in [3.8, 4) is 0 Å². The van der Waals surface area contributed by atoms with Crippen LogP contribution in [0.4, 0.5) is 10.1 Å². The van der Waals surface area contributed by atoms with Gasteiger partial charge < -0.3 is 9.64 Å². The Morgan fingerprint density at radius 3 is 2.41 bits per heavy atom. The van der Waals surface area contributed by atoms with Crippen molar-refractivity contribution in [3.63, 3.8) is 0 Å². The van der Waals surface area contributed by atoms with Crippen LogP contribution in [0.15, 0.2) is 54.6 Å². The summed E-state index contributed by atoms with van der Waals surface area (Å²) >= 11 is 0. The van der Waals surface area contributed by atoms with Gasteiger partial charge in [0, 0.05) is 25.9 Å². The van der Waals surface area contributed by atoms with Gasteiger partial charge in [0.1, 0.15) is 5.82 Å². The van der Waals surface area contributed by atoms with E-state index in [1.807, 2.05) is 18.2 Å². The number of hydrogen-bond acceptors (Lipinski definition) is 4. The molecule has 1 unspecified atom stereocenters. The third-order valence-corrected chi connectivity index (χ3v) is 7.70. The Hall–Kier alpha value is -2.29. The number of nitrogens with zero attached hydrogens (tertiary/aromatic N) is 2. The molecule has 0 aromatic heterocycles. The Balaban J connectivity index is 1.53. The molecule has 2 aromatic carbocycles. The zero-order valence-electron chi connectivity index (χ0n) is 16.1. The van der Waals surface area contributed by atoms with E-state index in [4.69, 9.17) is 4.74 Å². The summed E-state index contributed by atoms with van der Waals surface area (Å²) in [5.74, 6) is -0.700. The quantitative estimate of drug-likeness (QED) is 0.700. The summed E-state index contributed by atoms with van der Waals surface area (Å²) in [6.45, 7) is 0.572. The largest absolute Gasteiger partial charge is 0.369 e. The molecule has 2 aliphatic rings. The van der Waals surface area contributed by atoms with Gasteiger partial charge in [-0.15, -0.1) is 0 Å². The van der Waals surface area contributed by atoms with E-state index < -0.39 is 27.5 Å². The number of benzene rings is 2. The molecule has 0 N–H and O–H groups in total. The van der Waals surface area contributed by atoms with Crippen LogP contribution in [0.3, 0.4) is 0 Å². The van der Waals surface area contributed by atoms with E-state index in [0.717, 1.165) is 5.56 Å². The maximum absolute atomic E-state index is 13.7. The van der Waals surface area contributed by atoms with Crippen LogP contribution in [0.5, 0.6) is 0 Å². The standard InChI is InChI=1S/C21H23FN2O4S/c1-28-19-20(25)24(18-9-5-8-17(22)14-18)21(19)10-12-23(13-11-21)29(26,27)15-16-6-3-2-4-7-16/h2-9,14,19H,10-13,15H2,1H3. The summed E-state index contributed by atoms with van der Waals surface area (Å²) in [4.78, 5) is 14.2. The normalized spacial score (nSPS) is 21.9. The highest BCUT2D eigenvalue weighted by atomic mass is 32.2. The molecule has 154 valence electrons. The zero-order chi connectivity index (χ0) is 20.6. The van der Waals surface area contributed by atoms with Crippen molar-refractivity contribution in [2.45, 2.75) is 30.2 Å². The lowest BCUT2D eigenvalue weighted by Gasteiger charge is -2.59. The Labute approximate surface area is 169 Å². The molecular formula is C21H23FN2O4S. The molecule has 1 atom stereocenters. The first-order valence-electron chi connectivity index (χ1n) is 9.51. The molecule has 6 nitrogen and oxygen atoms in total. The highest BCUT2D eigenvalue weighted by molar-refractivity contribution is 7.88. The molecule has 0 radical (unpaired) electrons. The van der Waals surface area contributed by atoms with Crippen molar-refractivity contribution in [3.05, 3.63) is 66.0 Å². The number of methoxy groups -OCH3 is 1. The van der Waals surface area contributed by atoms with Gasteiger partial charge in [0.15, 0.2) is 6.10 Å². The molecule has 0 saturated carbocycles. The summed E-state index contributed by atoms with van der Waals surface area (Å²) in [6, 6.07) is 15.0. The molecule has 1 spiro atoms. The van der Waals surface area contributed by atoms with Gasteiger partial charge in [-0.25, -0.2) is 17.1 Å². The topological polar surface area (TPSA) is 66.9 Å². The number of ether oxygens (including phenoxy) is 1. The molecule has 2 heterocycles. The fourth-order valence-electron chi connectivity index (χ4n) is 4.45. The number of piperidine rings is 1. The first-order chi connectivity index (χ1) is 13.9. The summed E-state index contributed by atoms with van der Waals surface area (Å²) in [7, 11) is -1.99. The SMILES string of the molecule is COC1C(=O)N(c2cccc(F)c2)C12CCN(S(=O)(=O)Cc1ccccc1)CC2. The third kappa shape index (κ3) is 3.45. The summed E-state index contributed by atoms with van der Waals surface area (Å²) in [6.07, 6.45) is 0.216. The van der Waals surface area contributed by atoms with Crippen LogP contribution in [-0.4, -0.2) is 50.5 Å². The molecule has 29 heavy (non-hydrogen) atoms. The maximum Gasteiger partial charge on any atom is 0.259 e. The Morgan fingerprint density at radius 2 is 1.79 bits per heavy atom. The van der Waals surface area contributed by atoms with Crippen LogP contribution in [0, 0.1) is 5.82 Å². The second-order valence-electron chi connectivity index (χ2n) is 7.51. The Morgan fingerprint density at radius 1 is 1.10 bits per heavy atom. The molecular weight excluding hydrogens is 395 g/mol. The van der Waals surface area contributed by atoms with E-state index in [-0.39, 0.29) is 24.7 Å². The van der Waals surface area contributed by atoms with Crippen LogP contribution < -0.4 is 4.90 Å². The van der Waals surface area contributed by atoms with Crippen LogP contribution >= 0.6 is 0 Å². The van der Waals surface area contributed by atoms with E-state index >= 15 is 0 Å². The van der Waals surface area contributed by atoms with E-state index in [2.05, 4.69) is 0 Å². The highest BCUT2D eigenvalue weighted by Crippen LogP contribution is 2.46. The minimum Gasteiger partial charge on any atom is -0.369 e. The van der Waals surface area contributed by atoms with Crippen molar-refractivity contribution in [1.82, 2.24) is 4.31 Å². The van der Waals surface area contributed by atoms with Gasteiger partial charge in [-0.3, -0.25) is 4.79 Å². The predicted molar refractivity (Wildman–Crippen MR) is 107 cm³/mol. The average molecular weight is 418 g/mol. The van der Waals surface area contributed by atoms with E-state index in [1.54, 1.807) is 29.2 Å². The minimum absolute atomic E-state index is 0.0545. The predicted octanol–water partition coefficient (Wildman–Crippen LogP) is 2.55. The lowest BCUT2D eigenvalue weighted by Crippen LogP contribution is -2.78. The van der Waals surface area contributed by atoms with Gasteiger partial charge in [-0.05, 0) is 36.6 Å². The van der Waals surface area contributed by atoms with Gasteiger partial charge in [-0.1, -0.05) is 36.4 Å². The van der Waals surface area contributed by atoms with E-state index in [9.17, 15) is 17.6 Å². The lowest BCUT2D eigenvalue weighted by atomic mass is 9.73. The van der Waals surface area contributed by atoms with Crippen molar-refractivity contribution in [2.24, 2.45) is 0 Å². The van der Waals surface area contributed by atoms with E-state index in [0.29, 0.717) is 18.5 Å². The number of halogens is 1. The second kappa shape index (κ2) is 7.51.